The fourth-order valence-corrected chi connectivity index (χ4v) is 2.76. The number of carboxylic acid groups (broad SMARTS) is 1. The lowest BCUT2D eigenvalue weighted by Gasteiger charge is -2.06. The molecular weight excluding hydrogens is 250 g/mol. The van der Waals surface area contributed by atoms with Gasteiger partial charge in [0.1, 0.15) is 17.0 Å². The largest absolute Gasteiger partial charge is 0.481 e. The molecule has 0 bridgehead atoms. The van der Waals surface area contributed by atoms with E-state index in [4.69, 9.17) is 5.11 Å². The summed E-state index contributed by atoms with van der Waals surface area (Å²) in [5.41, 5.74) is 1.19. The predicted molar refractivity (Wildman–Crippen MR) is 72.2 cm³/mol. The number of aromatic nitrogens is 2. The van der Waals surface area contributed by atoms with Crippen molar-refractivity contribution in [2.24, 2.45) is 0 Å². The topological polar surface area (TPSA) is 75.1 Å². The first-order chi connectivity index (χ1) is 8.59. The van der Waals surface area contributed by atoms with Crippen LogP contribution in [0, 0.1) is 13.8 Å². The second kappa shape index (κ2) is 5.30. The van der Waals surface area contributed by atoms with Crippen LogP contribution in [-0.4, -0.2) is 27.6 Å². The molecule has 0 aromatic carbocycles. The number of hydrogen-bond acceptors (Lipinski definition) is 5. The predicted octanol–water partition coefficient (Wildman–Crippen LogP) is 2.58. The van der Waals surface area contributed by atoms with Gasteiger partial charge in [-0.2, -0.15) is 0 Å². The molecule has 6 heteroatoms. The molecule has 2 rings (SSSR count). The van der Waals surface area contributed by atoms with E-state index in [1.54, 1.807) is 11.3 Å². The van der Waals surface area contributed by atoms with E-state index in [-0.39, 0.29) is 6.42 Å². The van der Waals surface area contributed by atoms with Gasteiger partial charge in [-0.15, -0.1) is 11.3 Å². The van der Waals surface area contributed by atoms with Crippen molar-refractivity contribution in [3.8, 4) is 0 Å². The van der Waals surface area contributed by atoms with E-state index in [1.165, 1.54) is 16.8 Å². The van der Waals surface area contributed by atoms with E-state index in [2.05, 4.69) is 29.1 Å². The molecule has 0 radical (unpaired) electrons. The molecule has 2 aromatic heterocycles. The summed E-state index contributed by atoms with van der Waals surface area (Å²) in [6.45, 7) is 4.72. The molecule has 0 aliphatic carbocycles. The molecule has 0 aliphatic heterocycles. The van der Waals surface area contributed by atoms with E-state index in [0.29, 0.717) is 13.0 Å². The number of carboxylic acids is 1. The van der Waals surface area contributed by atoms with Gasteiger partial charge < -0.3 is 10.4 Å². The minimum atomic E-state index is -0.771. The van der Waals surface area contributed by atoms with Crippen molar-refractivity contribution in [1.29, 1.82) is 0 Å². The number of carbonyl (C=O) groups is 1. The Bertz CT molecular complexity index is 580. The summed E-state index contributed by atoms with van der Waals surface area (Å²) < 4.78 is 0. The molecule has 96 valence electrons. The zero-order chi connectivity index (χ0) is 13.1. The molecule has 0 fully saturated rings. The highest BCUT2D eigenvalue weighted by Crippen LogP contribution is 2.32. The van der Waals surface area contributed by atoms with Crippen molar-refractivity contribution in [3.05, 3.63) is 16.8 Å². The van der Waals surface area contributed by atoms with E-state index in [9.17, 15) is 4.79 Å². The molecule has 0 aliphatic rings. The average Bonchev–Trinajstić information content (AvgIpc) is 2.61. The van der Waals surface area contributed by atoms with Crippen LogP contribution in [0.1, 0.15) is 23.3 Å². The van der Waals surface area contributed by atoms with Gasteiger partial charge in [0, 0.05) is 17.8 Å². The molecule has 18 heavy (non-hydrogen) atoms. The monoisotopic (exact) mass is 265 g/mol. The molecule has 2 heterocycles. The lowest BCUT2D eigenvalue weighted by Crippen LogP contribution is -2.06. The Morgan fingerprint density at radius 1 is 1.44 bits per heavy atom. The van der Waals surface area contributed by atoms with Crippen LogP contribution in [-0.2, 0) is 4.79 Å². The number of anilines is 1. The van der Waals surface area contributed by atoms with Crippen LogP contribution in [0.15, 0.2) is 6.33 Å². The van der Waals surface area contributed by atoms with E-state index >= 15 is 0 Å². The third kappa shape index (κ3) is 2.59. The second-order valence-corrected chi connectivity index (χ2v) is 5.31. The Labute approximate surface area is 109 Å². The first kappa shape index (κ1) is 12.8. The van der Waals surface area contributed by atoms with Gasteiger partial charge >= 0.3 is 5.97 Å². The summed E-state index contributed by atoms with van der Waals surface area (Å²) in [7, 11) is 0. The van der Waals surface area contributed by atoms with Crippen LogP contribution in [0.3, 0.4) is 0 Å². The van der Waals surface area contributed by atoms with Gasteiger partial charge in [0.25, 0.3) is 0 Å². The maximum absolute atomic E-state index is 10.4. The quantitative estimate of drug-likeness (QED) is 0.813. The van der Waals surface area contributed by atoms with Crippen LogP contribution < -0.4 is 5.32 Å². The van der Waals surface area contributed by atoms with Crippen molar-refractivity contribution in [2.75, 3.05) is 11.9 Å². The normalized spacial score (nSPS) is 10.8. The van der Waals surface area contributed by atoms with Crippen LogP contribution in [0.25, 0.3) is 10.2 Å². The number of nitrogens with one attached hydrogen (secondary N) is 1. The van der Waals surface area contributed by atoms with Crippen molar-refractivity contribution in [1.82, 2.24) is 9.97 Å². The van der Waals surface area contributed by atoms with Gasteiger partial charge in [0.05, 0.1) is 5.39 Å². The van der Waals surface area contributed by atoms with E-state index in [1.807, 2.05) is 0 Å². The smallest absolute Gasteiger partial charge is 0.303 e. The number of nitrogens with zero attached hydrogens (tertiary/aromatic N) is 2. The first-order valence-electron chi connectivity index (χ1n) is 5.76. The van der Waals surface area contributed by atoms with Gasteiger partial charge in [-0.25, -0.2) is 9.97 Å². The van der Waals surface area contributed by atoms with E-state index in [0.717, 1.165) is 16.0 Å². The fraction of sp³-hybridized carbons (Fsp3) is 0.417. The Hall–Kier alpha value is -1.69. The number of hydrogen-bond donors (Lipinski definition) is 2. The third-order valence-electron chi connectivity index (χ3n) is 2.83. The number of aryl methyl sites for hydroxylation is 2. The lowest BCUT2D eigenvalue weighted by atomic mass is 10.2. The Kier molecular flexibility index (Phi) is 3.76. The van der Waals surface area contributed by atoms with Gasteiger partial charge in [0.15, 0.2) is 0 Å². The van der Waals surface area contributed by atoms with Crippen molar-refractivity contribution >= 4 is 33.3 Å². The summed E-state index contributed by atoms with van der Waals surface area (Å²) in [5, 5.41) is 12.8. The molecule has 0 amide bonds. The summed E-state index contributed by atoms with van der Waals surface area (Å²) in [6, 6.07) is 0. The van der Waals surface area contributed by atoms with Crippen molar-refractivity contribution in [3.63, 3.8) is 0 Å². The Balaban J connectivity index is 2.15. The molecule has 0 unspecified atom stereocenters. The van der Waals surface area contributed by atoms with Crippen LogP contribution >= 0.6 is 11.3 Å². The highest BCUT2D eigenvalue weighted by molar-refractivity contribution is 7.18. The summed E-state index contributed by atoms with van der Waals surface area (Å²) in [4.78, 5) is 21.1. The first-order valence-corrected chi connectivity index (χ1v) is 6.57. The zero-order valence-electron chi connectivity index (χ0n) is 10.4. The maximum Gasteiger partial charge on any atom is 0.303 e. The fourth-order valence-electron chi connectivity index (χ4n) is 1.76. The summed E-state index contributed by atoms with van der Waals surface area (Å²) >= 11 is 1.65. The van der Waals surface area contributed by atoms with Gasteiger partial charge in [-0.05, 0) is 25.8 Å². The summed E-state index contributed by atoms with van der Waals surface area (Å²) in [6.07, 6.45) is 2.29. The number of aliphatic carboxylic acids is 1. The Morgan fingerprint density at radius 3 is 2.94 bits per heavy atom. The average molecular weight is 265 g/mol. The van der Waals surface area contributed by atoms with E-state index < -0.39 is 5.97 Å². The summed E-state index contributed by atoms with van der Waals surface area (Å²) in [5.74, 6) is 0.0273. The van der Waals surface area contributed by atoms with Crippen molar-refractivity contribution in [2.45, 2.75) is 26.7 Å². The number of fused-ring (bicyclic) bond motifs is 1. The minimum absolute atomic E-state index is 0.170. The van der Waals surface area contributed by atoms with Crippen LogP contribution in [0.4, 0.5) is 5.82 Å². The molecule has 0 atom stereocenters. The Morgan fingerprint density at radius 2 is 2.22 bits per heavy atom. The minimum Gasteiger partial charge on any atom is -0.481 e. The molecule has 0 saturated carbocycles. The standard InChI is InChI=1S/C12H15N3O2S/c1-7-8(2)18-12-10(7)11(14-6-15-12)13-5-3-4-9(16)17/h6H,3-5H2,1-2H3,(H,16,17)(H,13,14,15). The van der Waals surface area contributed by atoms with Gasteiger partial charge in [-0.1, -0.05) is 0 Å². The maximum atomic E-state index is 10.4. The SMILES string of the molecule is Cc1sc2ncnc(NCCCC(=O)O)c2c1C. The molecular formula is C12H15N3O2S. The third-order valence-corrected chi connectivity index (χ3v) is 3.94. The number of rotatable bonds is 5. The van der Waals surface area contributed by atoms with Crippen LogP contribution in [0.5, 0.6) is 0 Å². The highest BCUT2D eigenvalue weighted by Gasteiger charge is 2.11. The molecule has 0 spiro atoms. The number of thiophene rings is 1. The highest BCUT2D eigenvalue weighted by atomic mass is 32.1. The molecule has 2 N–H and O–H groups in total. The zero-order valence-corrected chi connectivity index (χ0v) is 11.2. The van der Waals surface area contributed by atoms with Crippen molar-refractivity contribution < 1.29 is 9.90 Å². The molecule has 2 aromatic rings. The molecule has 5 nitrogen and oxygen atoms in total. The molecule has 0 saturated heterocycles. The van der Waals surface area contributed by atoms with Gasteiger partial charge in [-0.3, -0.25) is 4.79 Å². The van der Waals surface area contributed by atoms with Crippen LogP contribution in [0.2, 0.25) is 0 Å². The van der Waals surface area contributed by atoms with Gasteiger partial charge in [0.2, 0.25) is 0 Å². The second-order valence-electron chi connectivity index (χ2n) is 4.11. The lowest BCUT2D eigenvalue weighted by molar-refractivity contribution is -0.137.